The topological polar surface area (TPSA) is 68.3 Å². The zero-order valence-electron chi connectivity index (χ0n) is 10.1. The van der Waals surface area contributed by atoms with Crippen molar-refractivity contribution in [1.82, 2.24) is 4.98 Å². The van der Waals surface area contributed by atoms with E-state index in [0.717, 1.165) is 0 Å². The summed E-state index contributed by atoms with van der Waals surface area (Å²) in [6, 6.07) is 4.37. The normalized spacial score (nSPS) is 10.2. The van der Waals surface area contributed by atoms with Crippen molar-refractivity contribution in [2.24, 2.45) is 0 Å². The SMILES string of the molecule is COC(=O)c1sccc1NC(=O)c1cc(Cl)nc(Cl)c1. The number of esters is 1. The van der Waals surface area contributed by atoms with E-state index in [-0.39, 0.29) is 15.9 Å². The third-order valence-electron chi connectivity index (χ3n) is 2.31. The second-order valence-corrected chi connectivity index (χ2v) is 5.30. The molecular formula is C12H8Cl2N2O3S. The van der Waals surface area contributed by atoms with Gasteiger partial charge in [0.15, 0.2) is 0 Å². The molecule has 1 N–H and O–H groups in total. The van der Waals surface area contributed by atoms with Gasteiger partial charge >= 0.3 is 5.97 Å². The summed E-state index contributed by atoms with van der Waals surface area (Å²) >= 11 is 12.6. The molecule has 0 aliphatic heterocycles. The summed E-state index contributed by atoms with van der Waals surface area (Å²) in [7, 11) is 1.27. The quantitative estimate of drug-likeness (QED) is 0.690. The first-order chi connectivity index (χ1) is 9.51. The maximum atomic E-state index is 12.1. The Morgan fingerprint density at radius 1 is 1.30 bits per heavy atom. The van der Waals surface area contributed by atoms with Gasteiger partial charge in [0.25, 0.3) is 5.91 Å². The molecule has 5 nitrogen and oxygen atoms in total. The Morgan fingerprint density at radius 2 is 1.95 bits per heavy atom. The van der Waals surface area contributed by atoms with E-state index in [9.17, 15) is 9.59 Å². The zero-order valence-corrected chi connectivity index (χ0v) is 12.5. The molecule has 2 aromatic heterocycles. The van der Waals surface area contributed by atoms with Gasteiger partial charge in [0.05, 0.1) is 12.8 Å². The molecule has 20 heavy (non-hydrogen) atoms. The number of thiophene rings is 1. The lowest BCUT2D eigenvalue weighted by Gasteiger charge is -2.06. The summed E-state index contributed by atoms with van der Waals surface area (Å²) in [5.74, 6) is -0.958. The predicted octanol–water partition coefficient (Wildman–Crippen LogP) is 3.49. The molecule has 2 rings (SSSR count). The molecule has 0 unspecified atom stereocenters. The Bertz CT molecular complexity index is 652. The van der Waals surface area contributed by atoms with Gasteiger partial charge in [-0.25, -0.2) is 9.78 Å². The van der Waals surface area contributed by atoms with Crippen LogP contribution < -0.4 is 5.32 Å². The van der Waals surface area contributed by atoms with Crippen molar-refractivity contribution in [2.45, 2.75) is 0 Å². The molecule has 0 atom stereocenters. The van der Waals surface area contributed by atoms with Crippen LogP contribution in [0.1, 0.15) is 20.0 Å². The van der Waals surface area contributed by atoms with E-state index in [1.54, 1.807) is 11.4 Å². The molecule has 0 aliphatic carbocycles. The standard InChI is InChI=1S/C12H8Cl2N2O3S/c1-19-12(18)10-7(2-3-20-10)15-11(17)6-4-8(13)16-9(14)5-6/h2-5H,1H3,(H,15,17). The number of nitrogens with zero attached hydrogens (tertiary/aromatic N) is 1. The first-order valence-electron chi connectivity index (χ1n) is 5.31. The van der Waals surface area contributed by atoms with Gasteiger partial charge in [0, 0.05) is 5.56 Å². The fourth-order valence-electron chi connectivity index (χ4n) is 1.45. The minimum atomic E-state index is -0.513. The molecule has 1 amide bonds. The number of methoxy groups -OCH3 is 1. The van der Waals surface area contributed by atoms with Crippen LogP contribution in [-0.4, -0.2) is 24.0 Å². The zero-order chi connectivity index (χ0) is 14.7. The van der Waals surface area contributed by atoms with Gasteiger partial charge in [0.1, 0.15) is 15.2 Å². The molecular weight excluding hydrogens is 323 g/mol. The number of aromatic nitrogens is 1. The smallest absolute Gasteiger partial charge is 0.350 e. The summed E-state index contributed by atoms with van der Waals surface area (Å²) < 4.78 is 4.63. The van der Waals surface area contributed by atoms with Crippen LogP contribution in [0.3, 0.4) is 0 Å². The van der Waals surface area contributed by atoms with Gasteiger partial charge in [-0.05, 0) is 23.6 Å². The molecule has 0 spiro atoms. The molecule has 2 heterocycles. The number of ether oxygens (including phenoxy) is 1. The van der Waals surface area contributed by atoms with Crippen molar-refractivity contribution >= 4 is 52.1 Å². The monoisotopic (exact) mass is 330 g/mol. The van der Waals surface area contributed by atoms with Crippen LogP contribution in [0.15, 0.2) is 23.6 Å². The van der Waals surface area contributed by atoms with E-state index in [1.165, 1.54) is 30.6 Å². The Morgan fingerprint density at radius 3 is 2.55 bits per heavy atom. The van der Waals surface area contributed by atoms with Crippen molar-refractivity contribution < 1.29 is 14.3 Å². The molecule has 0 saturated heterocycles. The van der Waals surface area contributed by atoms with Crippen LogP contribution in [0.5, 0.6) is 0 Å². The molecule has 0 fully saturated rings. The number of hydrogen-bond donors (Lipinski definition) is 1. The second-order valence-electron chi connectivity index (χ2n) is 3.61. The van der Waals surface area contributed by atoms with Crippen LogP contribution in [0.4, 0.5) is 5.69 Å². The average molecular weight is 331 g/mol. The second kappa shape index (κ2) is 6.21. The lowest BCUT2D eigenvalue weighted by molar-refractivity contribution is 0.0607. The number of carbonyl (C=O) groups is 2. The minimum absolute atomic E-state index is 0.112. The number of anilines is 1. The largest absolute Gasteiger partial charge is 0.465 e. The number of pyridine rings is 1. The fraction of sp³-hybridized carbons (Fsp3) is 0.0833. The summed E-state index contributed by atoms with van der Waals surface area (Å²) in [4.78, 5) is 27.6. The number of rotatable bonds is 3. The Labute approximate surface area is 128 Å². The third-order valence-corrected chi connectivity index (χ3v) is 3.59. The van der Waals surface area contributed by atoms with Crippen molar-refractivity contribution in [2.75, 3.05) is 12.4 Å². The van der Waals surface area contributed by atoms with Crippen molar-refractivity contribution in [1.29, 1.82) is 0 Å². The van der Waals surface area contributed by atoms with Crippen LogP contribution in [0, 0.1) is 0 Å². The van der Waals surface area contributed by atoms with Gasteiger partial charge in [-0.2, -0.15) is 0 Å². The van der Waals surface area contributed by atoms with E-state index < -0.39 is 11.9 Å². The molecule has 0 aromatic carbocycles. The summed E-state index contributed by atoms with van der Waals surface area (Å²) in [6.07, 6.45) is 0. The predicted molar refractivity (Wildman–Crippen MR) is 77.9 cm³/mol. The van der Waals surface area contributed by atoms with Gasteiger partial charge in [-0.1, -0.05) is 23.2 Å². The highest BCUT2D eigenvalue weighted by molar-refractivity contribution is 7.12. The van der Waals surface area contributed by atoms with E-state index >= 15 is 0 Å². The Kier molecular flexibility index (Phi) is 4.59. The third kappa shape index (κ3) is 3.27. The van der Waals surface area contributed by atoms with E-state index in [1.807, 2.05) is 0 Å². The first kappa shape index (κ1) is 14.8. The van der Waals surface area contributed by atoms with Crippen molar-refractivity contribution in [3.8, 4) is 0 Å². The van der Waals surface area contributed by atoms with Crippen LogP contribution in [0.25, 0.3) is 0 Å². The summed E-state index contributed by atoms with van der Waals surface area (Å²) in [5.41, 5.74) is 0.618. The van der Waals surface area contributed by atoms with Crippen LogP contribution in [-0.2, 0) is 4.74 Å². The van der Waals surface area contributed by atoms with Crippen molar-refractivity contribution in [3.63, 3.8) is 0 Å². The van der Waals surface area contributed by atoms with Gasteiger partial charge < -0.3 is 10.1 Å². The minimum Gasteiger partial charge on any atom is -0.465 e. The lowest BCUT2D eigenvalue weighted by Crippen LogP contribution is -2.14. The summed E-state index contributed by atoms with van der Waals surface area (Å²) in [6.45, 7) is 0. The van der Waals surface area contributed by atoms with Gasteiger partial charge in [0.2, 0.25) is 0 Å². The Hall–Kier alpha value is -1.63. The molecule has 0 bridgehead atoms. The highest BCUT2D eigenvalue weighted by atomic mass is 35.5. The maximum absolute atomic E-state index is 12.1. The van der Waals surface area contributed by atoms with E-state index in [2.05, 4.69) is 15.0 Å². The maximum Gasteiger partial charge on any atom is 0.350 e. The van der Waals surface area contributed by atoms with E-state index in [4.69, 9.17) is 23.2 Å². The number of nitrogens with one attached hydrogen (secondary N) is 1. The molecule has 2 aromatic rings. The van der Waals surface area contributed by atoms with E-state index in [0.29, 0.717) is 10.6 Å². The molecule has 104 valence electrons. The van der Waals surface area contributed by atoms with Gasteiger partial charge in [-0.15, -0.1) is 11.3 Å². The highest BCUT2D eigenvalue weighted by Crippen LogP contribution is 2.24. The van der Waals surface area contributed by atoms with Crippen LogP contribution >= 0.6 is 34.5 Å². The lowest BCUT2D eigenvalue weighted by atomic mass is 10.2. The summed E-state index contributed by atoms with van der Waals surface area (Å²) in [5, 5.41) is 4.50. The number of carbonyl (C=O) groups excluding carboxylic acids is 2. The average Bonchev–Trinajstić information content (AvgIpc) is 2.84. The fourth-order valence-corrected chi connectivity index (χ4v) is 2.68. The molecule has 0 saturated carbocycles. The Balaban J connectivity index is 2.24. The molecule has 8 heteroatoms. The van der Waals surface area contributed by atoms with Crippen molar-refractivity contribution in [3.05, 3.63) is 44.3 Å². The molecule has 0 radical (unpaired) electrons. The highest BCUT2D eigenvalue weighted by Gasteiger charge is 2.17. The van der Waals surface area contributed by atoms with Gasteiger partial charge in [-0.3, -0.25) is 4.79 Å². The van der Waals surface area contributed by atoms with Crippen LogP contribution in [0.2, 0.25) is 10.3 Å². The molecule has 0 aliphatic rings. The number of amides is 1. The number of halogens is 2. The first-order valence-corrected chi connectivity index (χ1v) is 6.95. The number of hydrogen-bond acceptors (Lipinski definition) is 5.